The Kier molecular flexibility index (Phi) is 5.56. The molecule has 1 fully saturated rings. The van der Waals surface area contributed by atoms with Gasteiger partial charge < -0.3 is 15.4 Å². The van der Waals surface area contributed by atoms with Crippen LogP contribution in [0.15, 0.2) is 59.6 Å². The lowest BCUT2D eigenvalue weighted by Crippen LogP contribution is -2.27. The van der Waals surface area contributed by atoms with Crippen molar-refractivity contribution in [3.05, 3.63) is 54.7 Å². The van der Waals surface area contributed by atoms with Crippen molar-refractivity contribution in [3.8, 4) is 5.75 Å². The van der Waals surface area contributed by atoms with Gasteiger partial charge in [-0.3, -0.25) is 5.10 Å². The topological polar surface area (TPSA) is 125 Å². The summed E-state index contributed by atoms with van der Waals surface area (Å²) in [5.41, 5.74) is 1.45. The molecule has 2 aromatic carbocycles. The van der Waals surface area contributed by atoms with Crippen LogP contribution < -0.4 is 15.4 Å². The molecule has 0 radical (unpaired) electrons. The molecular formula is C22H23N7O3S. The number of fused-ring (bicyclic) bond motifs is 1. The average molecular weight is 466 g/mol. The van der Waals surface area contributed by atoms with Crippen LogP contribution in [0.1, 0.15) is 12.8 Å². The summed E-state index contributed by atoms with van der Waals surface area (Å²) in [6.07, 6.45) is 3.39. The van der Waals surface area contributed by atoms with E-state index in [1.165, 1.54) is 4.31 Å². The highest BCUT2D eigenvalue weighted by Gasteiger charge is 2.27. The van der Waals surface area contributed by atoms with Gasteiger partial charge in [0.2, 0.25) is 16.0 Å². The molecule has 0 bridgehead atoms. The van der Waals surface area contributed by atoms with Crippen molar-refractivity contribution in [2.24, 2.45) is 0 Å². The number of methoxy groups -OCH3 is 1. The van der Waals surface area contributed by atoms with E-state index in [0.717, 1.165) is 29.5 Å². The molecule has 4 aromatic rings. The molecule has 11 heteroatoms. The van der Waals surface area contributed by atoms with Gasteiger partial charge in [-0.1, -0.05) is 6.07 Å². The normalized spacial score (nSPS) is 14.5. The summed E-state index contributed by atoms with van der Waals surface area (Å²) >= 11 is 0. The van der Waals surface area contributed by atoms with Crippen LogP contribution in [-0.2, 0) is 10.0 Å². The number of sulfonamides is 1. The summed E-state index contributed by atoms with van der Waals surface area (Å²) in [5.74, 6) is 2.19. The van der Waals surface area contributed by atoms with Crippen molar-refractivity contribution in [3.63, 3.8) is 0 Å². The number of aromatic amines is 1. The van der Waals surface area contributed by atoms with Gasteiger partial charge in [0.1, 0.15) is 11.6 Å². The molecule has 0 amide bonds. The van der Waals surface area contributed by atoms with Gasteiger partial charge in [-0.05, 0) is 55.3 Å². The van der Waals surface area contributed by atoms with Gasteiger partial charge in [-0.25, -0.2) is 13.4 Å². The van der Waals surface area contributed by atoms with Gasteiger partial charge in [0.25, 0.3) is 0 Å². The maximum atomic E-state index is 12.9. The maximum absolute atomic E-state index is 12.9. The van der Waals surface area contributed by atoms with E-state index in [4.69, 9.17) is 4.74 Å². The van der Waals surface area contributed by atoms with Crippen molar-refractivity contribution in [2.45, 2.75) is 17.7 Å². The van der Waals surface area contributed by atoms with Gasteiger partial charge >= 0.3 is 0 Å². The summed E-state index contributed by atoms with van der Waals surface area (Å²) in [5, 5.41) is 14.4. The number of benzene rings is 2. The minimum absolute atomic E-state index is 0.251. The van der Waals surface area contributed by atoms with Crippen molar-refractivity contribution in [2.75, 3.05) is 30.8 Å². The number of nitrogens with one attached hydrogen (secondary N) is 3. The Hall–Kier alpha value is -3.70. The molecule has 33 heavy (non-hydrogen) atoms. The zero-order chi connectivity index (χ0) is 22.8. The van der Waals surface area contributed by atoms with Crippen LogP contribution in [0.25, 0.3) is 10.9 Å². The van der Waals surface area contributed by atoms with Gasteiger partial charge in [0.05, 0.1) is 17.5 Å². The zero-order valence-electron chi connectivity index (χ0n) is 17.9. The molecular weight excluding hydrogens is 442 g/mol. The molecule has 1 saturated heterocycles. The number of aromatic nitrogens is 4. The molecule has 3 N–H and O–H groups in total. The first-order valence-corrected chi connectivity index (χ1v) is 12.0. The second-order valence-corrected chi connectivity index (χ2v) is 9.58. The summed E-state index contributed by atoms with van der Waals surface area (Å²) < 4.78 is 32.5. The molecule has 170 valence electrons. The van der Waals surface area contributed by atoms with Crippen LogP contribution in [0.4, 0.5) is 23.3 Å². The van der Waals surface area contributed by atoms with Gasteiger partial charge in [0.15, 0.2) is 5.82 Å². The zero-order valence-corrected chi connectivity index (χ0v) is 18.8. The van der Waals surface area contributed by atoms with Gasteiger partial charge in [-0.15, -0.1) is 0 Å². The molecule has 10 nitrogen and oxygen atoms in total. The first kappa shape index (κ1) is 21.2. The first-order valence-electron chi connectivity index (χ1n) is 10.5. The highest BCUT2D eigenvalue weighted by Crippen LogP contribution is 2.28. The van der Waals surface area contributed by atoms with E-state index in [2.05, 4.69) is 30.8 Å². The Morgan fingerprint density at radius 1 is 1.06 bits per heavy atom. The lowest BCUT2D eigenvalue weighted by Gasteiger charge is -2.16. The first-order chi connectivity index (χ1) is 16.0. The van der Waals surface area contributed by atoms with Crippen LogP contribution in [0.3, 0.4) is 0 Å². The number of ether oxygens (including phenoxy) is 1. The highest BCUT2D eigenvalue weighted by molar-refractivity contribution is 7.89. The lowest BCUT2D eigenvalue weighted by molar-refractivity contribution is 0.415. The Morgan fingerprint density at radius 3 is 2.73 bits per heavy atom. The molecule has 0 atom stereocenters. The number of H-pyrrole nitrogens is 1. The fraction of sp³-hybridized carbons (Fsp3) is 0.227. The third-order valence-electron chi connectivity index (χ3n) is 5.47. The van der Waals surface area contributed by atoms with E-state index in [1.807, 2.05) is 18.2 Å². The molecule has 0 saturated carbocycles. The molecule has 3 heterocycles. The van der Waals surface area contributed by atoms with E-state index in [-0.39, 0.29) is 4.90 Å². The van der Waals surface area contributed by atoms with Gasteiger partial charge in [-0.2, -0.15) is 14.4 Å². The van der Waals surface area contributed by atoms with Crippen LogP contribution in [0.5, 0.6) is 5.75 Å². The van der Waals surface area contributed by atoms with Crippen LogP contribution in [0, 0.1) is 0 Å². The standard InChI is InChI=1S/C22H23N7O3S/c1-32-16-7-8-19-18(14-16)21(28-27-19)25-20-9-10-23-22(26-20)24-15-5-4-6-17(13-15)33(30,31)29-11-2-3-12-29/h4-10,13-14H,2-3,11-12H2,1H3,(H3,23,24,25,26,27,28). The minimum atomic E-state index is -3.50. The summed E-state index contributed by atoms with van der Waals surface area (Å²) in [6.45, 7) is 1.12. The van der Waals surface area contributed by atoms with Crippen LogP contribution in [0.2, 0.25) is 0 Å². The Labute approximate surface area is 191 Å². The van der Waals surface area contributed by atoms with E-state index >= 15 is 0 Å². The third kappa shape index (κ3) is 4.32. The molecule has 1 aliphatic rings. The number of hydrogen-bond donors (Lipinski definition) is 3. The molecule has 1 aliphatic heterocycles. The SMILES string of the molecule is COc1ccc2[nH]nc(Nc3ccnc(Nc4cccc(S(=O)(=O)N5CCCC5)c4)n3)c2c1. The average Bonchev–Trinajstić information content (AvgIpc) is 3.50. The van der Waals surface area contributed by atoms with Crippen LogP contribution in [-0.4, -0.2) is 53.1 Å². The van der Waals surface area contributed by atoms with E-state index < -0.39 is 10.0 Å². The summed E-state index contributed by atoms with van der Waals surface area (Å²) in [4.78, 5) is 8.99. The largest absolute Gasteiger partial charge is 0.497 e. The van der Waals surface area contributed by atoms with Crippen molar-refractivity contribution in [1.82, 2.24) is 24.5 Å². The summed E-state index contributed by atoms with van der Waals surface area (Å²) in [7, 11) is -1.89. The van der Waals surface area contributed by atoms with E-state index in [9.17, 15) is 8.42 Å². The predicted octanol–water partition coefficient (Wildman–Crippen LogP) is 3.63. The quantitative estimate of drug-likeness (QED) is 0.378. The van der Waals surface area contributed by atoms with Crippen molar-refractivity contribution < 1.29 is 13.2 Å². The molecule has 0 aliphatic carbocycles. The van der Waals surface area contributed by atoms with Crippen molar-refractivity contribution >= 4 is 44.2 Å². The molecule has 5 rings (SSSR count). The van der Waals surface area contributed by atoms with Crippen molar-refractivity contribution in [1.29, 1.82) is 0 Å². The molecule has 0 unspecified atom stereocenters. The highest BCUT2D eigenvalue weighted by atomic mass is 32.2. The molecule has 0 spiro atoms. The van der Waals surface area contributed by atoms with E-state index in [1.54, 1.807) is 43.6 Å². The summed E-state index contributed by atoms with van der Waals surface area (Å²) in [6, 6.07) is 14.0. The van der Waals surface area contributed by atoms with E-state index in [0.29, 0.717) is 36.4 Å². The predicted molar refractivity (Wildman–Crippen MR) is 126 cm³/mol. The van der Waals surface area contributed by atoms with Gasteiger partial charge in [0, 0.05) is 30.4 Å². The lowest BCUT2D eigenvalue weighted by atomic mass is 10.2. The second-order valence-electron chi connectivity index (χ2n) is 7.64. The number of anilines is 4. The minimum Gasteiger partial charge on any atom is -0.497 e. The Morgan fingerprint density at radius 2 is 1.91 bits per heavy atom. The molecule has 2 aromatic heterocycles. The monoisotopic (exact) mass is 465 g/mol. The number of rotatable bonds is 7. The Bertz CT molecular complexity index is 1400. The number of hydrogen-bond acceptors (Lipinski definition) is 8. The second kappa shape index (κ2) is 8.68. The maximum Gasteiger partial charge on any atom is 0.243 e. The number of nitrogens with zero attached hydrogens (tertiary/aromatic N) is 4. The van der Waals surface area contributed by atoms with Crippen LogP contribution >= 0.6 is 0 Å². The Balaban J connectivity index is 1.36. The third-order valence-corrected chi connectivity index (χ3v) is 7.36. The fourth-order valence-electron chi connectivity index (χ4n) is 3.77. The fourth-order valence-corrected chi connectivity index (χ4v) is 5.33. The smallest absolute Gasteiger partial charge is 0.243 e.